The maximum Gasteiger partial charge on any atom is 0.319 e. The van der Waals surface area contributed by atoms with E-state index in [1.54, 1.807) is 18.2 Å². The van der Waals surface area contributed by atoms with Crippen LogP contribution in [0.5, 0.6) is 5.75 Å². The monoisotopic (exact) mass is 443 g/mol. The SMILES string of the molecule is O=C(NCCCNc1n[nH]c(=O)c2ccccc12)Nc1ccc(OCc2ccccc2)cc1. The number of ether oxygens (including phenoxy) is 1. The number of fused-ring (bicyclic) bond motifs is 1. The second-order valence-corrected chi connectivity index (χ2v) is 7.41. The van der Waals surface area contributed by atoms with E-state index in [4.69, 9.17) is 4.74 Å². The van der Waals surface area contributed by atoms with Gasteiger partial charge < -0.3 is 20.7 Å². The number of anilines is 2. The molecule has 4 N–H and O–H groups in total. The maximum atomic E-state index is 12.1. The molecular formula is C25H25N5O3. The Morgan fingerprint density at radius 3 is 2.39 bits per heavy atom. The molecular weight excluding hydrogens is 418 g/mol. The highest BCUT2D eigenvalue weighted by atomic mass is 16.5. The van der Waals surface area contributed by atoms with Crippen molar-refractivity contribution in [1.29, 1.82) is 0 Å². The fourth-order valence-corrected chi connectivity index (χ4v) is 3.30. The fourth-order valence-electron chi connectivity index (χ4n) is 3.30. The highest BCUT2D eigenvalue weighted by Crippen LogP contribution is 2.18. The number of urea groups is 1. The Bertz CT molecular complexity index is 1260. The van der Waals surface area contributed by atoms with Crippen LogP contribution in [0.2, 0.25) is 0 Å². The molecule has 0 bridgehead atoms. The molecule has 4 aromatic rings. The Hall–Kier alpha value is -4.33. The van der Waals surface area contributed by atoms with E-state index in [0.29, 0.717) is 43.0 Å². The van der Waals surface area contributed by atoms with Gasteiger partial charge in [0.1, 0.15) is 12.4 Å². The molecule has 0 radical (unpaired) electrons. The van der Waals surface area contributed by atoms with E-state index in [0.717, 1.165) is 16.7 Å². The van der Waals surface area contributed by atoms with Crippen molar-refractivity contribution in [3.05, 3.63) is 94.8 Å². The van der Waals surface area contributed by atoms with Gasteiger partial charge in [-0.25, -0.2) is 9.89 Å². The van der Waals surface area contributed by atoms with Gasteiger partial charge in [-0.05, 0) is 42.3 Å². The van der Waals surface area contributed by atoms with Crippen molar-refractivity contribution in [1.82, 2.24) is 15.5 Å². The van der Waals surface area contributed by atoms with E-state index >= 15 is 0 Å². The number of aromatic amines is 1. The highest BCUT2D eigenvalue weighted by Gasteiger charge is 2.06. The number of amides is 2. The predicted octanol–water partition coefficient (Wildman–Crippen LogP) is 4.13. The Kier molecular flexibility index (Phi) is 7.17. The van der Waals surface area contributed by atoms with Crippen LogP contribution in [0.1, 0.15) is 12.0 Å². The Labute approximate surface area is 191 Å². The number of rotatable bonds is 9. The van der Waals surface area contributed by atoms with Crippen molar-refractivity contribution in [2.75, 3.05) is 23.7 Å². The molecule has 8 heteroatoms. The lowest BCUT2D eigenvalue weighted by molar-refractivity contribution is 0.252. The minimum absolute atomic E-state index is 0.217. The Morgan fingerprint density at radius 2 is 1.61 bits per heavy atom. The summed E-state index contributed by atoms with van der Waals surface area (Å²) in [6.07, 6.45) is 0.689. The molecule has 0 atom stereocenters. The number of nitrogens with one attached hydrogen (secondary N) is 4. The molecule has 1 heterocycles. The van der Waals surface area contributed by atoms with Crippen LogP contribution in [0, 0.1) is 0 Å². The molecule has 0 aliphatic heterocycles. The standard InChI is InChI=1S/C25H25N5O3/c31-24-22-10-5-4-9-21(22)23(29-30-24)26-15-6-16-27-25(32)28-19-11-13-20(14-12-19)33-17-18-7-2-1-3-8-18/h1-5,7-14H,6,15-17H2,(H,26,29)(H,30,31)(H2,27,28,32). The van der Waals surface area contributed by atoms with E-state index in [2.05, 4.69) is 26.1 Å². The van der Waals surface area contributed by atoms with Crippen LogP contribution in [0.4, 0.5) is 16.3 Å². The average Bonchev–Trinajstić information content (AvgIpc) is 2.85. The van der Waals surface area contributed by atoms with Gasteiger partial charge in [-0.3, -0.25) is 4.79 Å². The third-order valence-corrected chi connectivity index (χ3v) is 4.99. The van der Waals surface area contributed by atoms with E-state index in [1.165, 1.54) is 0 Å². The van der Waals surface area contributed by atoms with Gasteiger partial charge in [0.2, 0.25) is 0 Å². The summed E-state index contributed by atoms with van der Waals surface area (Å²) in [7, 11) is 0. The fraction of sp³-hybridized carbons (Fsp3) is 0.160. The quantitative estimate of drug-likeness (QED) is 0.291. The first-order valence-corrected chi connectivity index (χ1v) is 10.7. The van der Waals surface area contributed by atoms with Gasteiger partial charge in [-0.15, -0.1) is 0 Å². The second-order valence-electron chi connectivity index (χ2n) is 7.41. The topological polar surface area (TPSA) is 108 Å². The number of carbonyl (C=O) groups is 1. The van der Waals surface area contributed by atoms with Crippen LogP contribution in [-0.2, 0) is 6.61 Å². The third-order valence-electron chi connectivity index (χ3n) is 4.99. The van der Waals surface area contributed by atoms with Gasteiger partial charge in [0.15, 0.2) is 5.82 Å². The number of aromatic nitrogens is 2. The second kappa shape index (κ2) is 10.8. The molecule has 0 saturated heterocycles. The van der Waals surface area contributed by atoms with Crippen LogP contribution in [0.15, 0.2) is 83.7 Å². The van der Waals surface area contributed by atoms with Gasteiger partial charge in [0.25, 0.3) is 5.56 Å². The Morgan fingerprint density at radius 1 is 0.879 bits per heavy atom. The number of benzene rings is 3. The number of hydrogen-bond acceptors (Lipinski definition) is 5. The molecule has 0 fully saturated rings. The highest BCUT2D eigenvalue weighted by molar-refractivity contribution is 5.91. The van der Waals surface area contributed by atoms with Crippen molar-refractivity contribution in [3.8, 4) is 5.75 Å². The summed E-state index contributed by atoms with van der Waals surface area (Å²) < 4.78 is 5.75. The van der Waals surface area contributed by atoms with Crippen LogP contribution < -0.4 is 26.2 Å². The summed E-state index contributed by atoms with van der Waals surface area (Å²) in [5, 5.41) is 16.8. The summed E-state index contributed by atoms with van der Waals surface area (Å²) in [4.78, 5) is 24.0. The first-order chi connectivity index (χ1) is 16.2. The molecule has 4 rings (SSSR count). The Balaban J connectivity index is 1.17. The van der Waals surface area contributed by atoms with Gasteiger partial charge >= 0.3 is 6.03 Å². The first kappa shape index (κ1) is 21.9. The van der Waals surface area contributed by atoms with Crippen LogP contribution in [0.3, 0.4) is 0 Å². The third kappa shape index (κ3) is 6.10. The molecule has 2 amide bonds. The van der Waals surface area contributed by atoms with E-state index in [-0.39, 0.29) is 11.6 Å². The zero-order valence-corrected chi connectivity index (χ0v) is 18.0. The van der Waals surface area contributed by atoms with Crippen molar-refractivity contribution in [2.45, 2.75) is 13.0 Å². The molecule has 0 saturated carbocycles. The number of nitrogens with zero attached hydrogens (tertiary/aromatic N) is 1. The molecule has 3 aromatic carbocycles. The number of H-pyrrole nitrogens is 1. The largest absolute Gasteiger partial charge is 0.489 e. The molecule has 1 aromatic heterocycles. The molecule has 8 nitrogen and oxygen atoms in total. The molecule has 33 heavy (non-hydrogen) atoms. The van der Waals surface area contributed by atoms with Crippen LogP contribution in [-0.4, -0.2) is 29.3 Å². The smallest absolute Gasteiger partial charge is 0.319 e. The lowest BCUT2D eigenvalue weighted by Crippen LogP contribution is -2.30. The van der Waals surface area contributed by atoms with Crippen molar-refractivity contribution >= 4 is 28.3 Å². The first-order valence-electron chi connectivity index (χ1n) is 10.7. The van der Waals surface area contributed by atoms with Gasteiger partial charge in [0.05, 0.1) is 5.39 Å². The zero-order chi connectivity index (χ0) is 22.9. The summed E-state index contributed by atoms with van der Waals surface area (Å²) in [6, 6.07) is 24.2. The molecule has 0 spiro atoms. The summed E-state index contributed by atoms with van der Waals surface area (Å²) in [5.74, 6) is 1.35. The van der Waals surface area contributed by atoms with Crippen molar-refractivity contribution in [3.63, 3.8) is 0 Å². The van der Waals surface area contributed by atoms with E-state index in [9.17, 15) is 9.59 Å². The summed E-state index contributed by atoms with van der Waals surface area (Å²) in [6.45, 7) is 1.57. The lowest BCUT2D eigenvalue weighted by atomic mass is 10.2. The lowest BCUT2D eigenvalue weighted by Gasteiger charge is -2.10. The maximum absolute atomic E-state index is 12.1. The van der Waals surface area contributed by atoms with Crippen LogP contribution >= 0.6 is 0 Å². The zero-order valence-electron chi connectivity index (χ0n) is 18.0. The minimum atomic E-state index is -0.277. The molecule has 0 unspecified atom stereocenters. The normalized spacial score (nSPS) is 10.5. The molecule has 168 valence electrons. The predicted molar refractivity (Wildman–Crippen MR) is 130 cm³/mol. The number of carbonyl (C=O) groups excluding carboxylic acids is 1. The average molecular weight is 444 g/mol. The summed E-state index contributed by atoms with van der Waals surface area (Å²) >= 11 is 0. The van der Waals surface area contributed by atoms with E-state index in [1.807, 2.05) is 60.7 Å². The van der Waals surface area contributed by atoms with Crippen LogP contribution in [0.25, 0.3) is 10.8 Å². The van der Waals surface area contributed by atoms with Gasteiger partial charge in [-0.2, -0.15) is 5.10 Å². The van der Waals surface area contributed by atoms with Gasteiger partial charge in [-0.1, -0.05) is 48.5 Å². The van der Waals surface area contributed by atoms with Crippen molar-refractivity contribution in [2.24, 2.45) is 0 Å². The minimum Gasteiger partial charge on any atom is -0.489 e. The van der Waals surface area contributed by atoms with Gasteiger partial charge in [0, 0.05) is 24.2 Å². The summed E-state index contributed by atoms with van der Waals surface area (Å²) in [5.41, 5.74) is 1.56. The number of hydrogen-bond donors (Lipinski definition) is 4. The molecule has 0 aliphatic carbocycles. The molecule has 0 aliphatic rings. The van der Waals surface area contributed by atoms with E-state index < -0.39 is 0 Å². The van der Waals surface area contributed by atoms with Crippen molar-refractivity contribution < 1.29 is 9.53 Å².